The van der Waals surface area contributed by atoms with Gasteiger partial charge >= 0.3 is 0 Å². The van der Waals surface area contributed by atoms with E-state index in [1.54, 1.807) is 6.20 Å². The van der Waals surface area contributed by atoms with Gasteiger partial charge in [0.1, 0.15) is 6.07 Å². The van der Waals surface area contributed by atoms with Crippen molar-refractivity contribution >= 4 is 21.6 Å². The molecule has 0 radical (unpaired) electrons. The molecule has 2 heterocycles. The minimum atomic E-state index is 0.207. The Morgan fingerprint density at radius 1 is 1.65 bits per heavy atom. The van der Waals surface area contributed by atoms with Crippen LogP contribution in [0.25, 0.3) is 0 Å². The van der Waals surface area contributed by atoms with Gasteiger partial charge in [-0.05, 0) is 41.8 Å². The number of anilines is 1. The van der Waals surface area contributed by atoms with E-state index in [1.807, 2.05) is 12.1 Å². The Morgan fingerprint density at radius 3 is 3.06 bits per heavy atom. The Bertz CT molecular complexity index is 454. The Morgan fingerprint density at radius 2 is 2.41 bits per heavy atom. The second-order valence-corrected chi connectivity index (χ2v) is 5.23. The number of hydrogen-bond donors (Lipinski definition) is 1. The fourth-order valence-electron chi connectivity index (χ4n) is 2.20. The molecule has 2 N–H and O–H groups in total. The first-order chi connectivity index (χ1) is 8.13. The van der Waals surface area contributed by atoms with Crippen LogP contribution in [0, 0.1) is 11.3 Å². The molecule has 1 saturated heterocycles. The van der Waals surface area contributed by atoms with Crippen molar-refractivity contribution in [3.05, 3.63) is 22.4 Å². The lowest BCUT2D eigenvalue weighted by Crippen LogP contribution is -2.50. The fourth-order valence-corrected chi connectivity index (χ4v) is 2.63. The van der Waals surface area contributed by atoms with Gasteiger partial charge < -0.3 is 10.6 Å². The summed E-state index contributed by atoms with van der Waals surface area (Å²) in [6.07, 6.45) is 3.92. The van der Waals surface area contributed by atoms with E-state index in [-0.39, 0.29) is 6.04 Å². The highest BCUT2D eigenvalue weighted by Gasteiger charge is 2.25. The van der Waals surface area contributed by atoms with Crippen LogP contribution in [0.5, 0.6) is 0 Å². The van der Waals surface area contributed by atoms with Gasteiger partial charge in [-0.15, -0.1) is 0 Å². The van der Waals surface area contributed by atoms with Crippen molar-refractivity contribution in [1.29, 1.82) is 5.26 Å². The van der Waals surface area contributed by atoms with Crippen LogP contribution in [-0.4, -0.2) is 23.6 Å². The maximum Gasteiger partial charge on any atom is 0.154 e. The van der Waals surface area contributed by atoms with Crippen LogP contribution in [0.3, 0.4) is 0 Å². The van der Waals surface area contributed by atoms with E-state index < -0.39 is 0 Å². The molecule has 1 fully saturated rings. The van der Waals surface area contributed by atoms with Gasteiger partial charge in [0.2, 0.25) is 0 Å². The highest BCUT2D eigenvalue weighted by atomic mass is 79.9. The smallest absolute Gasteiger partial charge is 0.154 e. The van der Waals surface area contributed by atoms with E-state index in [2.05, 4.69) is 32.7 Å². The van der Waals surface area contributed by atoms with Gasteiger partial charge in [-0.25, -0.2) is 4.98 Å². The summed E-state index contributed by atoms with van der Waals surface area (Å²) in [6.45, 7) is 3.13. The van der Waals surface area contributed by atoms with Crippen molar-refractivity contribution in [2.75, 3.05) is 11.4 Å². The largest absolute Gasteiger partial charge is 0.366 e. The maximum atomic E-state index is 8.84. The monoisotopic (exact) mass is 294 g/mol. The normalized spacial score (nSPS) is 24.5. The molecular formula is C12H15BrN4. The zero-order valence-electron chi connectivity index (χ0n) is 9.73. The maximum absolute atomic E-state index is 8.84. The molecule has 0 bridgehead atoms. The number of piperidine rings is 1. The topological polar surface area (TPSA) is 65.9 Å². The standard InChI is InChI=1S/C12H15BrN4/c1-8-11(15)3-2-4-17(8)9-5-10(13)12(6-14)16-7-9/h5,7-8,11H,2-4,15H2,1H3/t8-,11-/m1/s1. The molecule has 2 atom stereocenters. The molecule has 0 aliphatic carbocycles. The number of aromatic nitrogens is 1. The molecule has 4 nitrogen and oxygen atoms in total. The number of nitrogens with two attached hydrogens (primary N) is 1. The third-order valence-corrected chi connectivity index (χ3v) is 3.92. The zero-order chi connectivity index (χ0) is 12.4. The minimum absolute atomic E-state index is 0.207. The molecule has 1 aromatic rings. The fraction of sp³-hybridized carbons (Fsp3) is 0.500. The van der Waals surface area contributed by atoms with E-state index >= 15 is 0 Å². The first-order valence-corrected chi connectivity index (χ1v) is 6.50. The van der Waals surface area contributed by atoms with E-state index in [4.69, 9.17) is 11.0 Å². The summed E-state index contributed by atoms with van der Waals surface area (Å²) >= 11 is 3.37. The third-order valence-electron chi connectivity index (χ3n) is 3.31. The van der Waals surface area contributed by atoms with Gasteiger partial charge in [0.25, 0.3) is 0 Å². The second-order valence-electron chi connectivity index (χ2n) is 4.38. The summed E-state index contributed by atoms with van der Waals surface area (Å²) in [7, 11) is 0. The highest BCUT2D eigenvalue weighted by Crippen LogP contribution is 2.27. The quantitative estimate of drug-likeness (QED) is 0.861. The molecule has 2 rings (SSSR count). The molecular weight excluding hydrogens is 280 g/mol. The molecule has 0 amide bonds. The Hall–Kier alpha value is -1.12. The molecule has 1 aromatic heterocycles. The first kappa shape index (κ1) is 12.3. The third kappa shape index (κ3) is 2.43. The predicted molar refractivity (Wildman–Crippen MR) is 70.7 cm³/mol. The Kier molecular flexibility index (Phi) is 3.65. The van der Waals surface area contributed by atoms with Crippen LogP contribution in [-0.2, 0) is 0 Å². The Labute approximate surface area is 110 Å². The zero-order valence-corrected chi connectivity index (χ0v) is 11.3. The van der Waals surface area contributed by atoms with Gasteiger partial charge in [-0.1, -0.05) is 0 Å². The molecule has 1 aliphatic rings. The Balaban J connectivity index is 2.28. The van der Waals surface area contributed by atoms with Crippen LogP contribution in [0.15, 0.2) is 16.7 Å². The predicted octanol–water partition coefficient (Wildman–Crippen LogP) is 2.03. The highest BCUT2D eigenvalue weighted by molar-refractivity contribution is 9.10. The van der Waals surface area contributed by atoms with Gasteiger partial charge in [-0.2, -0.15) is 5.26 Å². The molecule has 1 aliphatic heterocycles. The van der Waals surface area contributed by atoms with Crippen LogP contribution < -0.4 is 10.6 Å². The van der Waals surface area contributed by atoms with Gasteiger partial charge in [0.15, 0.2) is 5.69 Å². The van der Waals surface area contributed by atoms with Crippen molar-refractivity contribution in [3.8, 4) is 6.07 Å². The van der Waals surface area contributed by atoms with Crippen molar-refractivity contribution in [2.45, 2.75) is 31.8 Å². The SMILES string of the molecule is C[C@@H]1[C@H](N)CCCN1c1cnc(C#N)c(Br)c1. The second kappa shape index (κ2) is 5.03. The van der Waals surface area contributed by atoms with Crippen LogP contribution in [0.2, 0.25) is 0 Å². The lowest BCUT2D eigenvalue weighted by molar-refractivity contribution is 0.420. The van der Waals surface area contributed by atoms with Crippen LogP contribution in [0.1, 0.15) is 25.5 Å². The van der Waals surface area contributed by atoms with E-state index in [0.717, 1.165) is 29.5 Å². The summed E-state index contributed by atoms with van der Waals surface area (Å²) in [5.41, 5.74) is 7.52. The van der Waals surface area contributed by atoms with E-state index in [1.165, 1.54) is 0 Å². The summed E-state index contributed by atoms with van der Waals surface area (Å²) < 4.78 is 0.740. The van der Waals surface area contributed by atoms with E-state index in [0.29, 0.717) is 11.7 Å². The van der Waals surface area contributed by atoms with Crippen LogP contribution >= 0.6 is 15.9 Å². The van der Waals surface area contributed by atoms with Crippen LogP contribution in [0.4, 0.5) is 5.69 Å². The van der Waals surface area contributed by atoms with Crippen molar-refractivity contribution in [1.82, 2.24) is 4.98 Å². The number of nitriles is 1. The molecule has 0 unspecified atom stereocenters. The number of pyridine rings is 1. The number of hydrogen-bond acceptors (Lipinski definition) is 4. The average Bonchev–Trinajstić information content (AvgIpc) is 2.32. The van der Waals surface area contributed by atoms with Crippen molar-refractivity contribution in [3.63, 3.8) is 0 Å². The number of halogens is 1. The number of rotatable bonds is 1. The summed E-state index contributed by atoms with van der Waals surface area (Å²) in [5, 5.41) is 8.84. The van der Waals surface area contributed by atoms with Crippen molar-refractivity contribution in [2.24, 2.45) is 5.73 Å². The molecule has 90 valence electrons. The summed E-state index contributed by atoms with van der Waals surface area (Å²) in [5.74, 6) is 0. The molecule has 0 spiro atoms. The number of nitrogens with zero attached hydrogens (tertiary/aromatic N) is 3. The lowest BCUT2D eigenvalue weighted by Gasteiger charge is -2.39. The van der Waals surface area contributed by atoms with E-state index in [9.17, 15) is 0 Å². The molecule has 17 heavy (non-hydrogen) atoms. The van der Waals surface area contributed by atoms with Crippen molar-refractivity contribution < 1.29 is 0 Å². The first-order valence-electron chi connectivity index (χ1n) is 5.71. The van der Waals surface area contributed by atoms with Gasteiger partial charge in [0, 0.05) is 18.6 Å². The average molecular weight is 295 g/mol. The molecule has 0 saturated carbocycles. The lowest BCUT2D eigenvalue weighted by atomic mass is 9.98. The van der Waals surface area contributed by atoms with Gasteiger partial charge in [-0.3, -0.25) is 0 Å². The molecule has 5 heteroatoms. The minimum Gasteiger partial charge on any atom is -0.366 e. The molecule has 0 aromatic carbocycles. The van der Waals surface area contributed by atoms with Gasteiger partial charge in [0.05, 0.1) is 16.4 Å². The summed E-state index contributed by atoms with van der Waals surface area (Å²) in [6, 6.07) is 4.51. The summed E-state index contributed by atoms with van der Waals surface area (Å²) in [4.78, 5) is 6.40.